The van der Waals surface area contributed by atoms with Crippen LogP contribution in [0.1, 0.15) is 35.5 Å². The Kier molecular flexibility index (Phi) is 3.29. The normalized spacial score (nSPS) is 10.5. The summed E-state index contributed by atoms with van der Waals surface area (Å²) in [5, 5.41) is 8.94. The summed E-state index contributed by atoms with van der Waals surface area (Å²) in [6, 6.07) is 1.65. The molecule has 1 N–H and O–H groups in total. The topological polar surface area (TPSA) is 59.4 Å². The number of aromatic carboxylic acids is 1. The Morgan fingerprint density at radius 3 is 2.47 bits per heavy atom. The molecule has 0 radical (unpaired) electrons. The Morgan fingerprint density at radius 2 is 2.07 bits per heavy atom. The molecule has 0 aliphatic rings. The van der Waals surface area contributed by atoms with Crippen LogP contribution in [0.25, 0.3) is 0 Å². The van der Waals surface area contributed by atoms with Crippen molar-refractivity contribution in [3.8, 4) is 5.88 Å². The van der Waals surface area contributed by atoms with E-state index >= 15 is 0 Å². The standard InChI is InChI=1S/C11H15NO3/c1-6(2)15-9-5-7(3)10(11(13)14)8(4)12-9/h5-6H,1-4H3,(H,13,14). The van der Waals surface area contributed by atoms with Crippen molar-refractivity contribution in [2.24, 2.45) is 0 Å². The molecule has 0 saturated heterocycles. The lowest BCUT2D eigenvalue weighted by Crippen LogP contribution is -2.10. The molecule has 4 nitrogen and oxygen atoms in total. The van der Waals surface area contributed by atoms with Crippen LogP contribution in [0.4, 0.5) is 0 Å². The van der Waals surface area contributed by atoms with Gasteiger partial charge in [0.05, 0.1) is 17.4 Å². The van der Waals surface area contributed by atoms with Crippen LogP contribution < -0.4 is 4.74 Å². The highest BCUT2D eigenvalue weighted by Gasteiger charge is 2.14. The van der Waals surface area contributed by atoms with E-state index in [4.69, 9.17) is 9.84 Å². The van der Waals surface area contributed by atoms with Crippen molar-refractivity contribution in [3.63, 3.8) is 0 Å². The van der Waals surface area contributed by atoms with Crippen LogP contribution >= 0.6 is 0 Å². The first-order valence-electron chi connectivity index (χ1n) is 4.80. The lowest BCUT2D eigenvalue weighted by Gasteiger charge is -2.11. The van der Waals surface area contributed by atoms with Gasteiger partial charge in [0.25, 0.3) is 0 Å². The lowest BCUT2D eigenvalue weighted by atomic mass is 10.1. The van der Waals surface area contributed by atoms with E-state index in [1.54, 1.807) is 19.9 Å². The van der Waals surface area contributed by atoms with Crippen molar-refractivity contribution in [2.75, 3.05) is 0 Å². The summed E-state index contributed by atoms with van der Waals surface area (Å²) in [4.78, 5) is 15.0. The molecule has 0 unspecified atom stereocenters. The fraction of sp³-hybridized carbons (Fsp3) is 0.455. The molecule has 0 atom stereocenters. The zero-order valence-electron chi connectivity index (χ0n) is 9.37. The van der Waals surface area contributed by atoms with E-state index < -0.39 is 5.97 Å². The highest BCUT2D eigenvalue weighted by atomic mass is 16.5. The van der Waals surface area contributed by atoms with Crippen molar-refractivity contribution in [3.05, 3.63) is 22.9 Å². The highest BCUT2D eigenvalue weighted by molar-refractivity contribution is 5.90. The van der Waals surface area contributed by atoms with Gasteiger partial charge < -0.3 is 9.84 Å². The van der Waals surface area contributed by atoms with E-state index in [2.05, 4.69) is 4.98 Å². The quantitative estimate of drug-likeness (QED) is 0.828. The van der Waals surface area contributed by atoms with Gasteiger partial charge in [0.2, 0.25) is 5.88 Å². The number of carboxylic acid groups (broad SMARTS) is 1. The summed E-state index contributed by atoms with van der Waals surface area (Å²) < 4.78 is 5.41. The second-order valence-electron chi connectivity index (χ2n) is 3.71. The van der Waals surface area contributed by atoms with Gasteiger partial charge in [-0.3, -0.25) is 0 Å². The van der Waals surface area contributed by atoms with Crippen LogP contribution in [0.2, 0.25) is 0 Å². The van der Waals surface area contributed by atoms with Gasteiger partial charge in [-0.1, -0.05) is 0 Å². The van der Waals surface area contributed by atoms with Crippen molar-refractivity contribution in [1.82, 2.24) is 4.98 Å². The van der Waals surface area contributed by atoms with Crippen LogP contribution in [0.5, 0.6) is 5.88 Å². The summed E-state index contributed by atoms with van der Waals surface area (Å²) in [6.45, 7) is 7.21. The predicted molar refractivity (Wildman–Crippen MR) is 56.4 cm³/mol. The number of nitrogens with zero attached hydrogens (tertiary/aromatic N) is 1. The SMILES string of the molecule is Cc1cc(OC(C)C)nc(C)c1C(=O)O. The maximum Gasteiger partial charge on any atom is 0.337 e. The van der Waals surface area contributed by atoms with Crippen LogP contribution in [-0.4, -0.2) is 22.2 Å². The first kappa shape index (κ1) is 11.5. The number of carboxylic acids is 1. The molecule has 1 rings (SSSR count). The Balaban J connectivity index is 3.14. The molecule has 0 aromatic carbocycles. The molecule has 0 aliphatic carbocycles. The summed E-state index contributed by atoms with van der Waals surface area (Å²) >= 11 is 0. The molecule has 4 heteroatoms. The minimum Gasteiger partial charge on any atom is -0.478 e. The summed E-state index contributed by atoms with van der Waals surface area (Å²) in [7, 11) is 0. The fourth-order valence-electron chi connectivity index (χ4n) is 1.42. The zero-order valence-corrected chi connectivity index (χ0v) is 9.37. The summed E-state index contributed by atoms with van der Waals surface area (Å²) in [5.41, 5.74) is 1.41. The van der Waals surface area contributed by atoms with Crippen molar-refractivity contribution < 1.29 is 14.6 Å². The van der Waals surface area contributed by atoms with Crippen molar-refractivity contribution in [1.29, 1.82) is 0 Å². The van der Waals surface area contributed by atoms with E-state index in [9.17, 15) is 4.79 Å². The maximum absolute atomic E-state index is 10.9. The number of rotatable bonds is 3. The van der Waals surface area contributed by atoms with Gasteiger partial charge in [0, 0.05) is 6.07 Å². The van der Waals surface area contributed by atoms with Gasteiger partial charge in [-0.25, -0.2) is 9.78 Å². The third-order valence-electron chi connectivity index (χ3n) is 1.94. The van der Waals surface area contributed by atoms with Crippen LogP contribution in [0, 0.1) is 13.8 Å². The number of ether oxygens (including phenoxy) is 1. The van der Waals surface area contributed by atoms with Crippen LogP contribution in [0.15, 0.2) is 6.07 Å². The van der Waals surface area contributed by atoms with Gasteiger partial charge in [0.15, 0.2) is 0 Å². The van der Waals surface area contributed by atoms with E-state index in [-0.39, 0.29) is 11.7 Å². The van der Waals surface area contributed by atoms with Crippen LogP contribution in [-0.2, 0) is 0 Å². The number of aromatic nitrogens is 1. The first-order chi connectivity index (χ1) is 6.91. The monoisotopic (exact) mass is 209 g/mol. The van der Waals surface area contributed by atoms with Gasteiger partial charge in [0.1, 0.15) is 0 Å². The van der Waals surface area contributed by atoms with E-state index in [1.165, 1.54) is 0 Å². The first-order valence-corrected chi connectivity index (χ1v) is 4.80. The molecule has 0 spiro atoms. The van der Waals surface area contributed by atoms with Gasteiger partial charge >= 0.3 is 5.97 Å². The smallest absolute Gasteiger partial charge is 0.337 e. The van der Waals surface area contributed by atoms with Crippen molar-refractivity contribution >= 4 is 5.97 Å². The number of pyridine rings is 1. The predicted octanol–water partition coefficient (Wildman–Crippen LogP) is 2.18. The van der Waals surface area contributed by atoms with E-state index in [0.717, 1.165) is 0 Å². The number of aryl methyl sites for hydroxylation is 2. The molecule has 0 bridgehead atoms. The molecule has 0 fully saturated rings. The van der Waals surface area contributed by atoms with Crippen LogP contribution in [0.3, 0.4) is 0 Å². The Labute approximate surface area is 88.9 Å². The number of hydrogen-bond acceptors (Lipinski definition) is 3. The average Bonchev–Trinajstić information content (AvgIpc) is 1.99. The Hall–Kier alpha value is -1.58. The molecule has 0 amide bonds. The minimum absolute atomic E-state index is 0.0342. The molecule has 1 heterocycles. The third-order valence-corrected chi connectivity index (χ3v) is 1.94. The second-order valence-corrected chi connectivity index (χ2v) is 3.71. The largest absolute Gasteiger partial charge is 0.478 e. The fourth-order valence-corrected chi connectivity index (χ4v) is 1.42. The summed E-state index contributed by atoms with van der Waals surface area (Å²) in [5.74, 6) is -0.474. The number of carbonyl (C=O) groups is 1. The molecule has 1 aromatic rings. The Morgan fingerprint density at radius 1 is 1.47 bits per heavy atom. The number of hydrogen-bond donors (Lipinski definition) is 1. The molecule has 0 saturated carbocycles. The molecular formula is C11H15NO3. The summed E-state index contributed by atoms with van der Waals surface area (Å²) in [6.07, 6.45) is 0.0342. The highest BCUT2D eigenvalue weighted by Crippen LogP contribution is 2.18. The molecule has 82 valence electrons. The second kappa shape index (κ2) is 4.29. The Bertz CT molecular complexity index is 362. The molecule has 0 aliphatic heterocycles. The molecule has 1 aromatic heterocycles. The van der Waals surface area contributed by atoms with E-state index in [1.807, 2.05) is 13.8 Å². The van der Waals surface area contributed by atoms with Crippen molar-refractivity contribution in [2.45, 2.75) is 33.8 Å². The molecular weight excluding hydrogens is 194 g/mol. The molecule has 15 heavy (non-hydrogen) atoms. The van der Waals surface area contributed by atoms with E-state index in [0.29, 0.717) is 17.1 Å². The van der Waals surface area contributed by atoms with Gasteiger partial charge in [-0.15, -0.1) is 0 Å². The average molecular weight is 209 g/mol. The zero-order chi connectivity index (χ0) is 11.6. The lowest BCUT2D eigenvalue weighted by molar-refractivity contribution is 0.0694. The third kappa shape index (κ3) is 2.68. The van der Waals surface area contributed by atoms with Gasteiger partial charge in [-0.05, 0) is 33.3 Å². The van der Waals surface area contributed by atoms with Gasteiger partial charge in [-0.2, -0.15) is 0 Å². The maximum atomic E-state index is 10.9. The minimum atomic E-state index is -0.950.